The van der Waals surface area contributed by atoms with Crippen LogP contribution in [0.3, 0.4) is 0 Å². The molecule has 2 aromatic carbocycles. The Morgan fingerprint density at radius 1 is 1.04 bits per heavy atom. The lowest BCUT2D eigenvalue weighted by molar-refractivity contribution is -0.116. The van der Waals surface area contributed by atoms with Crippen LogP contribution < -0.4 is 9.62 Å². The van der Waals surface area contributed by atoms with Crippen molar-refractivity contribution in [2.75, 3.05) is 22.4 Å². The fourth-order valence-electron chi connectivity index (χ4n) is 3.13. The SMILES string of the molecule is CCc1cccc(CC)c1N(CCC(=O)Nc1cccc(C)c1)S(C)(=O)=O. The van der Waals surface area contributed by atoms with Crippen LogP contribution in [0.25, 0.3) is 0 Å². The molecule has 0 radical (unpaired) electrons. The number of aryl methyl sites for hydroxylation is 3. The molecule has 1 N–H and O–H groups in total. The number of nitrogens with zero attached hydrogens (tertiary/aromatic N) is 1. The molecular weight excluding hydrogens is 360 g/mol. The average molecular weight is 389 g/mol. The van der Waals surface area contributed by atoms with Crippen molar-refractivity contribution in [3.8, 4) is 0 Å². The maximum atomic E-state index is 12.5. The van der Waals surface area contributed by atoms with Crippen LogP contribution in [0.5, 0.6) is 0 Å². The molecule has 0 fully saturated rings. The molecule has 2 rings (SSSR count). The van der Waals surface area contributed by atoms with E-state index in [4.69, 9.17) is 0 Å². The Balaban J connectivity index is 2.23. The number of benzene rings is 2. The number of hydrogen-bond acceptors (Lipinski definition) is 3. The zero-order valence-electron chi connectivity index (χ0n) is 16.5. The number of sulfonamides is 1. The Morgan fingerprint density at radius 3 is 2.15 bits per heavy atom. The third-order valence-electron chi connectivity index (χ3n) is 4.46. The molecule has 0 unspecified atom stereocenters. The molecule has 0 saturated heterocycles. The van der Waals surface area contributed by atoms with Crippen LogP contribution in [0.15, 0.2) is 42.5 Å². The van der Waals surface area contributed by atoms with Crippen LogP contribution in [0.4, 0.5) is 11.4 Å². The molecule has 0 spiro atoms. The molecule has 0 aromatic heterocycles. The number of para-hydroxylation sites is 1. The van der Waals surface area contributed by atoms with E-state index in [-0.39, 0.29) is 18.9 Å². The Bertz CT molecular complexity index is 885. The van der Waals surface area contributed by atoms with Crippen molar-refractivity contribution in [1.82, 2.24) is 0 Å². The average Bonchev–Trinajstić information content (AvgIpc) is 2.60. The lowest BCUT2D eigenvalue weighted by Gasteiger charge is -2.27. The van der Waals surface area contributed by atoms with Crippen molar-refractivity contribution in [1.29, 1.82) is 0 Å². The molecule has 0 heterocycles. The maximum Gasteiger partial charge on any atom is 0.232 e. The van der Waals surface area contributed by atoms with E-state index in [9.17, 15) is 13.2 Å². The first-order valence-electron chi connectivity index (χ1n) is 9.21. The van der Waals surface area contributed by atoms with Crippen molar-refractivity contribution in [3.05, 3.63) is 59.2 Å². The zero-order chi connectivity index (χ0) is 20.0. The van der Waals surface area contributed by atoms with E-state index >= 15 is 0 Å². The van der Waals surface area contributed by atoms with Gasteiger partial charge in [-0.25, -0.2) is 8.42 Å². The van der Waals surface area contributed by atoms with Crippen LogP contribution in [-0.2, 0) is 27.7 Å². The highest BCUT2D eigenvalue weighted by Gasteiger charge is 2.23. The fraction of sp³-hybridized carbons (Fsp3) is 0.381. The van der Waals surface area contributed by atoms with Crippen molar-refractivity contribution in [2.24, 2.45) is 0 Å². The molecule has 6 heteroatoms. The molecule has 1 amide bonds. The first-order valence-corrected chi connectivity index (χ1v) is 11.1. The Morgan fingerprint density at radius 2 is 1.63 bits per heavy atom. The van der Waals surface area contributed by atoms with Gasteiger partial charge in [0, 0.05) is 18.7 Å². The van der Waals surface area contributed by atoms with E-state index in [1.807, 2.05) is 63.2 Å². The Kier molecular flexibility index (Phi) is 7.02. The van der Waals surface area contributed by atoms with Crippen molar-refractivity contribution in [2.45, 2.75) is 40.0 Å². The largest absolute Gasteiger partial charge is 0.326 e. The van der Waals surface area contributed by atoms with E-state index < -0.39 is 10.0 Å². The van der Waals surface area contributed by atoms with Gasteiger partial charge < -0.3 is 5.32 Å². The summed E-state index contributed by atoms with van der Waals surface area (Å²) in [5.74, 6) is -0.207. The molecule has 0 aliphatic rings. The van der Waals surface area contributed by atoms with Crippen molar-refractivity contribution < 1.29 is 13.2 Å². The second-order valence-electron chi connectivity index (χ2n) is 6.63. The van der Waals surface area contributed by atoms with Gasteiger partial charge in [0.1, 0.15) is 0 Å². The normalized spacial score (nSPS) is 11.3. The summed E-state index contributed by atoms with van der Waals surface area (Å²) in [7, 11) is -3.51. The third kappa shape index (κ3) is 5.57. The lowest BCUT2D eigenvalue weighted by atomic mass is 10.0. The fourth-order valence-corrected chi connectivity index (χ4v) is 4.12. The van der Waals surface area contributed by atoms with Gasteiger partial charge in [-0.05, 0) is 48.6 Å². The molecule has 0 bridgehead atoms. The highest BCUT2D eigenvalue weighted by atomic mass is 32.2. The topological polar surface area (TPSA) is 66.5 Å². The molecule has 0 saturated carbocycles. The number of carbonyl (C=O) groups is 1. The zero-order valence-corrected chi connectivity index (χ0v) is 17.3. The van der Waals surface area contributed by atoms with Gasteiger partial charge in [0.25, 0.3) is 0 Å². The van der Waals surface area contributed by atoms with Gasteiger partial charge >= 0.3 is 0 Å². The van der Waals surface area contributed by atoms with Crippen LogP contribution in [0.2, 0.25) is 0 Å². The lowest BCUT2D eigenvalue weighted by Crippen LogP contribution is -2.34. The summed E-state index contributed by atoms with van der Waals surface area (Å²) in [5.41, 5.74) is 4.43. The highest BCUT2D eigenvalue weighted by molar-refractivity contribution is 7.92. The van der Waals surface area contributed by atoms with E-state index in [2.05, 4.69) is 5.32 Å². The summed E-state index contributed by atoms with van der Waals surface area (Å²) < 4.78 is 26.3. The number of hydrogen-bond donors (Lipinski definition) is 1. The van der Waals surface area contributed by atoms with Crippen molar-refractivity contribution in [3.63, 3.8) is 0 Å². The molecule has 0 atom stereocenters. The van der Waals surface area contributed by atoms with E-state index in [1.54, 1.807) is 0 Å². The second kappa shape index (κ2) is 9.04. The standard InChI is InChI=1S/C21H28N2O3S/c1-5-17-10-8-11-18(6-2)21(17)23(27(4,25)26)14-13-20(24)22-19-12-7-9-16(3)15-19/h7-12,15H,5-6,13-14H2,1-4H3,(H,22,24). The highest BCUT2D eigenvalue weighted by Crippen LogP contribution is 2.29. The molecule has 2 aromatic rings. The Labute approximate surface area is 162 Å². The molecule has 146 valence electrons. The second-order valence-corrected chi connectivity index (χ2v) is 8.54. The van der Waals surface area contributed by atoms with Crippen LogP contribution in [0.1, 0.15) is 37.0 Å². The van der Waals surface area contributed by atoms with Crippen molar-refractivity contribution >= 4 is 27.3 Å². The number of amides is 1. The molecule has 27 heavy (non-hydrogen) atoms. The number of anilines is 2. The minimum absolute atomic E-state index is 0.0855. The van der Waals surface area contributed by atoms with E-state index in [0.717, 1.165) is 29.5 Å². The molecule has 0 aliphatic carbocycles. The number of nitrogens with one attached hydrogen (secondary N) is 1. The predicted octanol–water partition coefficient (Wildman–Crippen LogP) is 3.91. The van der Waals surface area contributed by atoms with E-state index in [0.29, 0.717) is 11.4 Å². The summed E-state index contributed by atoms with van der Waals surface area (Å²) in [5, 5.41) is 2.84. The van der Waals surface area contributed by atoms with Gasteiger partial charge in [-0.2, -0.15) is 0 Å². The summed E-state index contributed by atoms with van der Waals surface area (Å²) in [4.78, 5) is 12.4. The summed E-state index contributed by atoms with van der Waals surface area (Å²) in [6.07, 6.45) is 2.73. The molecule has 0 aliphatic heterocycles. The van der Waals surface area contributed by atoms with Crippen LogP contribution >= 0.6 is 0 Å². The Hall–Kier alpha value is -2.34. The third-order valence-corrected chi connectivity index (χ3v) is 5.62. The summed E-state index contributed by atoms with van der Waals surface area (Å²) in [6, 6.07) is 13.4. The quantitative estimate of drug-likeness (QED) is 0.745. The van der Waals surface area contributed by atoms with Crippen LogP contribution in [-0.4, -0.2) is 27.1 Å². The van der Waals surface area contributed by atoms with Gasteiger partial charge in [0.05, 0.1) is 11.9 Å². The van der Waals surface area contributed by atoms with Gasteiger partial charge in [-0.1, -0.05) is 44.2 Å². The van der Waals surface area contributed by atoms with Crippen LogP contribution in [0, 0.1) is 6.92 Å². The van der Waals surface area contributed by atoms with Gasteiger partial charge in [-0.15, -0.1) is 0 Å². The minimum Gasteiger partial charge on any atom is -0.326 e. The minimum atomic E-state index is -3.51. The summed E-state index contributed by atoms with van der Waals surface area (Å²) in [6.45, 7) is 6.07. The number of rotatable bonds is 8. The maximum absolute atomic E-state index is 12.5. The van der Waals surface area contributed by atoms with Gasteiger partial charge in [0.15, 0.2) is 0 Å². The monoisotopic (exact) mass is 388 g/mol. The first-order chi connectivity index (χ1) is 12.8. The van der Waals surface area contributed by atoms with E-state index in [1.165, 1.54) is 10.6 Å². The molecular formula is C21H28N2O3S. The first kappa shape index (κ1) is 21.0. The number of carbonyl (C=O) groups excluding carboxylic acids is 1. The smallest absolute Gasteiger partial charge is 0.232 e. The van der Waals surface area contributed by atoms with Gasteiger partial charge in [0.2, 0.25) is 15.9 Å². The predicted molar refractivity (Wildman–Crippen MR) is 112 cm³/mol. The molecule has 5 nitrogen and oxygen atoms in total. The van der Waals surface area contributed by atoms with Gasteiger partial charge in [-0.3, -0.25) is 9.10 Å². The summed E-state index contributed by atoms with van der Waals surface area (Å²) >= 11 is 0.